The van der Waals surface area contributed by atoms with Crippen molar-refractivity contribution in [2.24, 2.45) is 4.99 Å². The minimum atomic E-state index is 0.459. The number of pyridine rings is 1. The summed E-state index contributed by atoms with van der Waals surface area (Å²) in [6.07, 6.45) is 5.47. The number of guanidine groups is 1. The van der Waals surface area contributed by atoms with Crippen LogP contribution >= 0.6 is 0 Å². The summed E-state index contributed by atoms with van der Waals surface area (Å²) in [5.74, 6) is 1.30. The van der Waals surface area contributed by atoms with Crippen molar-refractivity contribution in [3.63, 3.8) is 0 Å². The molecule has 3 rings (SSSR count). The third kappa shape index (κ3) is 6.31. The lowest BCUT2D eigenvalue weighted by atomic mass is 10.1. The Bertz CT molecular complexity index is 927. The van der Waals surface area contributed by atoms with Crippen LogP contribution in [0.15, 0.2) is 66.0 Å². The Kier molecular flexibility index (Phi) is 8.23. The first-order chi connectivity index (χ1) is 14.8. The molecule has 2 N–H and O–H groups in total. The number of aromatic nitrogens is 3. The molecule has 158 valence electrons. The second kappa shape index (κ2) is 11.6. The van der Waals surface area contributed by atoms with E-state index in [1.165, 1.54) is 11.1 Å². The number of hydrogen-bond donors (Lipinski definition) is 2. The number of aliphatic imine (C=N–C) groups is 1. The number of methoxy groups -OCH3 is 1. The molecule has 0 fully saturated rings. The van der Waals surface area contributed by atoms with Crippen molar-refractivity contribution in [1.29, 1.82) is 0 Å². The molecule has 0 aliphatic heterocycles. The van der Waals surface area contributed by atoms with E-state index in [-0.39, 0.29) is 0 Å². The molecule has 3 aromatic rings. The predicted octanol–water partition coefficient (Wildman–Crippen LogP) is 2.22. The molecule has 8 nitrogen and oxygen atoms in total. The largest absolute Gasteiger partial charge is 0.475 e. The lowest BCUT2D eigenvalue weighted by Gasteiger charge is -2.15. The van der Waals surface area contributed by atoms with E-state index in [9.17, 15) is 0 Å². The van der Waals surface area contributed by atoms with Crippen molar-refractivity contribution >= 4 is 5.96 Å². The van der Waals surface area contributed by atoms with E-state index in [0.717, 1.165) is 12.1 Å². The smallest absolute Gasteiger partial charge is 0.218 e. The zero-order valence-electron chi connectivity index (χ0n) is 17.4. The SMILES string of the molecule is CN=C(NCc1ccccc1Cn1cccn1)NCc1cccnc1OCCOC. The summed E-state index contributed by atoms with van der Waals surface area (Å²) in [5, 5.41) is 11.0. The van der Waals surface area contributed by atoms with Crippen LogP contribution in [-0.2, 0) is 24.4 Å². The van der Waals surface area contributed by atoms with Gasteiger partial charge in [-0.25, -0.2) is 4.98 Å². The van der Waals surface area contributed by atoms with Gasteiger partial charge in [-0.2, -0.15) is 5.10 Å². The molecule has 0 radical (unpaired) electrons. The monoisotopic (exact) mass is 408 g/mol. The highest BCUT2D eigenvalue weighted by Gasteiger charge is 2.08. The fourth-order valence-electron chi connectivity index (χ4n) is 2.94. The third-order valence-corrected chi connectivity index (χ3v) is 4.50. The molecule has 0 atom stereocenters. The van der Waals surface area contributed by atoms with Crippen LogP contribution in [0.4, 0.5) is 0 Å². The average Bonchev–Trinajstić information content (AvgIpc) is 3.29. The van der Waals surface area contributed by atoms with Crippen LogP contribution in [-0.4, -0.2) is 48.1 Å². The lowest BCUT2D eigenvalue weighted by Crippen LogP contribution is -2.36. The Morgan fingerprint density at radius 1 is 0.967 bits per heavy atom. The summed E-state index contributed by atoms with van der Waals surface area (Å²) >= 11 is 0. The molecule has 0 amide bonds. The highest BCUT2D eigenvalue weighted by atomic mass is 16.5. The third-order valence-electron chi connectivity index (χ3n) is 4.50. The summed E-state index contributed by atoms with van der Waals surface area (Å²) < 4.78 is 12.6. The molecule has 1 aromatic carbocycles. The topological polar surface area (TPSA) is 85.6 Å². The van der Waals surface area contributed by atoms with Gasteiger partial charge >= 0.3 is 0 Å². The van der Waals surface area contributed by atoms with Crippen molar-refractivity contribution in [2.75, 3.05) is 27.4 Å². The van der Waals surface area contributed by atoms with Crippen LogP contribution in [0.5, 0.6) is 5.88 Å². The van der Waals surface area contributed by atoms with Gasteiger partial charge in [-0.1, -0.05) is 30.3 Å². The Hall–Kier alpha value is -3.39. The normalized spacial score (nSPS) is 11.3. The number of nitrogens with zero attached hydrogens (tertiary/aromatic N) is 4. The maximum atomic E-state index is 5.69. The second-order valence-corrected chi connectivity index (χ2v) is 6.56. The fraction of sp³-hybridized carbons (Fsp3) is 0.318. The van der Waals surface area contributed by atoms with Gasteiger partial charge in [0, 0.05) is 51.4 Å². The van der Waals surface area contributed by atoms with E-state index < -0.39 is 0 Å². The van der Waals surface area contributed by atoms with Gasteiger partial charge in [0.05, 0.1) is 13.2 Å². The summed E-state index contributed by atoms with van der Waals surface area (Å²) in [5.41, 5.74) is 3.36. The molecule has 2 heterocycles. The highest BCUT2D eigenvalue weighted by molar-refractivity contribution is 5.79. The van der Waals surface area contributed by atoms with Gasteiger partial charge in [-0.05, 0) is 23.3 Å². The zero-order chi connectivity index (χ0) is 21.0. The molecule has 0 saturated carbocycles. The number of ether oxygens (including phenoxy) is 2. The highest BCUT2D eigenvalue weighted by Crippen LogP contribution is 2.14. The Balaban J connectivity index is 1.56. The number of benzene rings is 1. The second-order valence-electron chi connectivity index (χ2n) is 6.56. The molecule has 0 spiro atoms. The van der Waals surface area contributed by atoms with Crippen molar-refractivity contribution in [2.45, 2.75) is 19.6 Å². The number of rotatable bonds is 10. The first kappa shape index (κ1) is 21.3. The van der Waals surface area contributed by atoms with E-state index in [4.69, 9.17) is 9.47 Å². The summed E-state index contributed by atoms with van der Waals surface area (Å²) in [4.78, 5) is 8.63. The van der Waals surface area contributed by atoms with E-state index >= 15 is 0 Å². The van der Waals surface area contributed by atoms with Gasteiger partial charge in [-0.3, -0.25) is 9.67 Å². The lowest BCUT2D eigenvalue weighted by molar-refractivity contribution is 0.143. The van der Waals surface area contributed by atoms with Crippen LogP contribution in [0.25, 0.3) is 0 Å². The van der Waals surface area contributed by atoms with Crippen LogP contribution < -0.4 is 15.4 Å². The number of nitrogens with one attached hydrogen (secondary N) is 2. The quantitative estimate of drug-likeness (QED) is 0.304. The molecule has 8 heteroatoms. The molecule has 2 aromatic heterocycles. The van der Waals surface area contributed by atoms with Gasteiger partial charge in [0.25, 0.3) is 0 Å². The molecule has 0 aliphatic rings. The minimum absolute atomic E-state index is 0.459. The van der Waals surface area contributed by atoms with Gasteiger partial charge in [-0.15, -0.1) is 0 Å². The van der Waals surface area contributed by atoms with Gasteiger partial charge in [0.2, 0.25) is 5.88 Å². The van der Waals surface area contributed by atoms with E-state index in [0.29, 0.717) is 38.1 Å². The fourth-order valence-corrected chi connectivity index (χ4v) is 2.94. The van der Waals surface area contributed by atoms with Crippen LogP contribution in [0, 0.1) is 0 Å². The molecule has 30 heavy (non-hydrogen) atoms. The Morgan fingerprint density at radius 3 is 2.47 bits per heavy atom. The molecular formula is C22H28N6O2. The van der Waals surface area contributed by atoms with Crippen molar-refractivity contribution in [3.8, 4) is 5.88 Å². The first-order valence-electron chi connectivity index (χ1n) is 9.84. The van der Waals surface area contributed by atoms with Crippen LogP contribution in [0.2, 0.25) is 0 Å². The molecule has 0 aliphatic carbocycles. The molecule has 0 saturated heterocycles. The summed E-state index contributed by atoms with van der Waals surface area (Å²) in [6, 6.07) is 14.1. The Morgan fingerprint density at radius 2 is 1.73 bits per heavy atom. The van der Waals surface area contributed by atoms with Crippen molar-refractivity contribution in [3.05, 3.63) is 77.7 Å². The maximum absolute atomic E-state index is 5.69. The van der Waals surface area contributed by atoms with Gasteiger partial charge in [0.15, 0.2) is 5.96 Å². The minimum Gasteiger partial charge on any atom is -0.475 e. The first-order valence-corrected chi connectivity index (χ1v) is 9.84. The zero-order valence-corrected chi connectivity index (χ0v) is 17.4. The van der Waals surface area contributed by atoms with Crippen molar-refractivity contribution < 1.29 is 9.47 Å². The maximum Gasteiger partial charge on any atom is 0.218 e. The van der Waals surface area contributed by atoms with Gasteiger partial charge in [0.1, 0.15) is 6.61 Å². The van der Waals surface area contributed by atoms with E-state index in [1.54, 1.807) is 26.6 Å². The van der Waals surface area contributed by atoms with E-state index in [1.807, 2.05) is 41.2 Å². The molecular weight excluding hydrogens is 380 g/mol. The number of hydrogen-bond acceptors (Lipinski definition) is 5. The standard InChI is InChI=1S/C22H28N6O2/c1-23-22(26-16-19-9-5-10-24-21(19)30-14-13-29-2)25-15-18-7-3-4-8-20(18)17-28-12-6-11-27-28/h3-12H,13-17H2,1-2H3,(H2,23,25,26). The molecule has 0 bridgehead atoms. The summed E-state index contributed by atoms with van der Waals surface area (Å²) in [6.45, 7) is 2.91. The van der Waals surface area contributed by atoms with E-state index in [2.05, 4.69) is 37.8 Å². The van der Waals surface area contributed by atoms with Gasteiger partial charge < -0.3 is 20.1 Å². The van der Waals surface area contributed by atoms with Crippen LogP contribution in [0.3, 0.4) is 0 Å². The summed E-state index contributed by atoms with van der Waals surface area (Å²) in [7, 11) is 3.40. The van der Waals surface area contributed by atoms with Crippen molar-refractivity contribution in [1.82, 2.24) is 25.4 Å². The average molecular weight is 409 g/mol. The van der Waals surface area contributed by atoms with Crippen LogP contribution in [0.1, 0.15) is 16.7 Å². The molecule has 0 unspecified atom stereocenters. The predicted molar refractivity (Wildman–Crippen MR) is 116 cm³/mol. The Labute approximate surface area is 177 Å².